The summed E-state index contributed by atoms with van der Waals surface area (Å²) >= 11 is 0. The van der Waals surface area contributed by atoms with Gasteiger partial charge in [0.05, 0.1) is 0 Å². The maximum atomic E-state index is 3.16. The highest BCUT2D eigenvalue weighted by Crippen LogP contribution is 2.22. The molecule has 0 unspecified atom stereocenters. The van der Waals surface area contributed by atoms with Gasteiger partial charge in [-0.2, -0.15) is 0 Å². The zero-order valence-electron chi connectivity index (χ0n) is 9.83. The molecular formula is C15H17N. The van der Waals surface area contributed by atoms with Gasteiger partial charge in [-0.15, -0.1) is 0 Å². The van der Waals surface area contributed by atoms with Crippen molar-refractivity contribution in [1.82, 2.24) is 0 Å². The van der Waals surface area contributed by atoms with Crippen molar-refractivity contribution in [2.24, 2.45) is 0 Å². The third-order valence-electron chi connectivity index (χ3n) is 2.85. The Bertz CT molecular complexity index is 457. The summed E-state index contributed by atoms with van der Waals surface area (Å²) in [5, 5.41) is 3.16. The number of hydrogen-bond acceptors (Lipinski definition) is 1. The summed E-state index contributed by atoms with van der Waals surface area (Å²) < 4.78 is 0. The summed E-state index contributed by atoms with van der Waals surface area (Å²) in [5.41, 5.74) is 5.06. The third-order valence-corrected chi connectivity index (χ3v) is 2.85. The predicted octanol–water partition coefficient (Wildman–Crippen LogP) is 3.96. The fraction of sp³-hybridized carbons (Fsp3) is 0.200. The lowest BCUT2D eigenvalue weighted by Crippen LogP contribution is -1.88. The van der Waals surface area contributed by atoms with Crippen LogP contribution in [0.3, 0.4) is 0 Å². The van der Waals surface area contributed by atoms with E-state index in [1.165, 1.54) is 16.7 Å². The lowest BCUT2D eigenvalue weighted by atomic mass is 10.0. The van der Waals surface area contributed by atoms with E-state index < -0.39 is 0 Å². The maximum Gasteiger partial charge on any atom is 0.0343 e. The first kappa shape index (κ1) is 10.7. The minimum atomic E-state index is 1.09. The molecule has 0 saturated carbocycles. The lowest BCUT2D eigenvalue weighted by molar-refractivity contribution is 1.14. The van der Waals surface area contributed by atoms with E-state index in [-0.39, 0.29) is 0 Å². The Morgan fingerprint density at radius 3 is 2.31 bits per heavy atom. The van der Waals surface area contributed by atoms with Crippen LogP contribution in [-0.2, 0) is 6.42 Å². The monoisotopic (exact) mass is 211 g/mol. The van der Waals surface area contributed by atoms with E-state index in [0.29, 0.717) is 0 Å². The minimum absolute atomic E-state index is 1.09. The van der Waals surface area contributed by atoms with Crippen LogP contribution in [-0.4, -0.2) is 7.05 Å². The number of benzene rings is 2. The van der Waals surface area contributed by atoms with E-state index in [0.717, 1.165) is 12.1 Å². The fourth-order valence-corrected chi connectivity index (χ4v) is 1.79. The van der Waals surface area contributed by atoms with Crippen molar-refractivity contribution in [2.75, 3.05) is 12.4 Å². The van der Waals surface area contributed by atoms with Gasteiger partial charge < -0.3 is 5.32 Å². The molecule has 2 aromatic carbocycles. The Morgan fingerprint density at radius 1 is 0.938 bits per heavy atom. The molecule has 0 amide bonds. The highest BCUT2D eigenvalue weighted by Gasteiger charge is 1.98. The zero-order valence-corrected chi connectivity index (χ0v) is 9.83. The van der Waals surface area contributed by atoms with Gasteiger partial charge >= 0.3 is 0 Å². The van der Waals surface area contributed by atoms with Gasteiger partial charge in [0.1, 0.15) is 0 Å². The Morgan fingerprint density at radius 2 is 1.69 bits per heavy atom. The van der Waals surface area contributed by atoms with Crippen LogP contribution < -0.4 is 5.32 Å². The number of rotatable bonds is 3. The number of hydrogen-bond donors (Lipinski definition) is 1. The van der Waals surface area contributed by atoms with Crippen LogP contribution >= 0.6 is 0 Å². The van der Waals surface area contributed by atoms with Gasteiger partial charge in [0, 0.05) is 12.7 Å². The fourth-order valence-electron chi connectivity index (χ4n) is 1.79. The molecule has 1 nitrogen and oxygen atoms in total. The molecule has 0 aliphatic carbocycles. The standard InChI is InChI=1S/C15H17N/c1-3-12-7-9-13(10-8-12)14-5-4-6-15(11-14)16-2/h4-11,16H,3H2,1-2H3. The quantitative estimate of drug-likeness (QED) is 0.810. The maximum absolute atomic E-state index is 3.16. The van der Waals surface area contributed by atoms with Crippen LogP contribution in [0.25, 0.3) is 11.1 Å². The van der Waals surface area contributed by atoms with Gasteiger partial charge in [-0.05, 0) is 35.2 Å². The average molecular weight is 211 g/mol. The van der Waals surface area contributed by atoms with Crippen molar-refractivity contribution >= 4 is 5.69 Å². The Balaban J connectivity index is 2.34. The normalized spacial score (nSPS) is 10.1. The number of aryl methyl sites for hydroxylation is 1. The Hall–Kier alpha value is -1.76. The molecule has 0 fully saturated rings. The minimum Gasteiger partial charge on any atom is -0.388 e. The van der Waals surface area contributed by atoms with Gasteiger partial charge in [0.15, 0.2) is 0 Å². The van der Waals surface area contributed by atoms with Crippen LogP contribution in [0.2, 0.25) is 0 Å². The molecule has 0 atom stereocenters. The van der Waals surface area contributed by atoms with E-state index in [9.17, 15) is 0 Å². The lowest BCUT2D eigenvalue weighted by Gasteiger charge is -2.05. The molecule has 1 N–H and O–H groups in total. The Labute approximate surface area is 97.1 Å². The summed E-state index contributed by atoms with van der Waals surface area (Å²) in [6.45, 7) is 2.18. The van der Waals surface area contributed by atoms with Crippen LogP contribution in [0, 0.1) is 0 Å². The first-order chi connectivity index (χ1) is 7.83. The first-order valence-corrected chi connectivity index (χ1v) is 5.70. The highest BCUT2D eigenvalue weighted by atomic mass is 14.8. The summed E-state index contributed by atoms with van der Waals surface area (Å²) in [6.07, 6.45) is 1.09. The summed E-state index contributed by atoms with van der Waals surface area (Å²) in [6, 6.07) is 17.2. The molecule has 0 heterocycles. The van der Waals surface area contributed by atoms with Crippen molar-refractivity contribution in [3.8, 4) is 11.1 Å². The van der Waals surface area contributed by atoms with Gasteiger partial charge in [-0.1, -0.05) is 43.3 Å². The van der Waals surface area contributed by atoms with E-state index in [2.05, 4.69) is 60.8 Å². The zero-order chi connectivity index (χ0) is 11.4. The predicted molar refractivity (Wildman–Crippen MR) is 70.8 cm³/mol. The third kappa shape index (κ3) is 2.25. The number of nitrogens with one attached hydrogen (secondary N) is 1. The average Bonchev–Trinajstić information content (AvgIpc) is 2.39. The molecule has 0 aliphatic heterocycles. The topological polar surface area (TPSA) is 12.0 Å². The van der Waals surface area contributed by atoms with Crippen molar-refractivity contribution in [1.29, 1.82) is 0 Å². The van der Waals surface area contributed by atoms with Gasteiger partial charge in [0.2, 0.25) is 0 Å². The summed E-state index contributed by atoms with van der Waals surface area (Å²) in [7, 11) is 1.94. The molecular weight excluding hydrogens is 194 g/mol. The molecule has 2 rings (SSSR count). The molecule has 0 saturated heterocycles. The summed E-state index contributed by atoms with van der Waals surface area (Å²) in [5.74, 6) is 0. The molecule has 0 aromatic heterocycles. The van der Waals surface area contributed by atoms with Crippen LogP contribution in [0.5, 0.6) is 0 Å². The highest BCUT2D eigenvalue weighted by molar-refractivity contribution is 5.68. The second-order valence-electron chi connectivity index (χ2n) is 3.88. The van der Waals surface area contributed by atoms with E-state index in [1.807, 2.05) is 7.05 Å². The van der Waals surface area contributed by atoms with Crippen molar-refractivity contribution in [3.63, 3.8) is 0 Å². The first-order valence-electron chi connectivity index (χ1n) is 5.70. The molecule has 0 radical (unpaired) electrons. The smallest absolute Gasteiger partial charge is 0.0343 e. The largest absolute Gasteiger partial charge is 0.388 e. The van der Waals surface area contributed by atoms with Crippen molar-refractivity contribution in [3.05, 3.63) is 54.1 Å². The van der Waals surface area contributed by atoms with Crippen LogP contribution in [0.4, 0.5) is 5.69 Å². The molecule has 82 valence electrons. The van der Waals surface area contributed by atoms with E-state index in [4.69, 9.17) is 0 Å². The molecule has 2 aromatic rings. The SMILES string of the molecule is CCc1ccc(-c2cccc(NC)c2)cc1. The molecule has 1 heteroatoms. The number of anilines is 1. The van der Waals surface area contributed by atoms with Crippen LogP contribution in [0.15, 0.2) is 48.5 Å². The van der Waals surface area contributed by atoms with Crippen LogP contribution in [0.1, 0.15) is 12.5 Å². The van der Waals surface area contributed by atoms with E-state index in [1.54, 1.807) is 0 Å². The van der Waals surface area contributed by atoms with Gasteiger partial charge in [0.25, 0.3) is 0 Å². The summed E-state index contributed by atoms with van der Waals surface area (Å²) in [4.78, 5) is 0. The molecule has 0 spiro atoms. The second kappa shape index (κ2) is 4.84. The Kier molecular flexibility index (Phi) is 3.25. The molecule has 0 aliphatic rings. The second-order valence-corrected chi connectivity index (χ2v) is 3.88. The molecule has 0 bridgehead atoms. The molecule has 16 heavy (non-hydrogen) atoms. The van der Waals surface area contributed by atoms with Gasteiger partial charge in [-0.25, -0.2) is 0 Å². The van der Waals surface area contributed by atoms with Crippen molar-refractivity contribution < 1.29 is 0 Å². The van der Waals surface area contributed by atoms with E-state index >= 15 is 0 Å². The van der Waals surface area contributed by atoms with Gasteiger partial charge in [-0.3, -0.25) is 0 Å². The van der Waals surface area contributed by atoms with Crippen molar-refractivity contribution in [2.45, 2.75) is 13.3 Å².